The van der Waals surface area contributed by atoms with Crippen molar-refractivity contribution in [1.82, 2.24) is 0 Å². The van der Waals surface area contributed by atoms with Crippen molar-refractivity contribution in [2.24, 2.45) is 5.73 Å². The van der Waals surface area contributed by atoms with Gasteiger partial charge in [0.2, 0.25) is 0 Å². The van der Waals surface area contributed by atoms with E-state index in [2.05, 4.69) is 5.73 Å². The molecule has 0 atom stereocenters. The first-order valence-electron chi connectivity index (χ1n) is 1.19. The van der Waals surface area contributed by atoms with Gasteiger partial charge < -0.3 is 10.8 Å². The summed E-state index contributed by atoms with van der Waals surface area (Å²) in [5, 5.41) is 7.60. The number of carbonyl (C=O) groups is 1. The van der Waals surface area contributed by atoms with Crippen LogP contribution in [0.2, 0.25) is 0 Å². The van der Waals surface area contributed by atoms with Crippen LogP contribution in [0.5, 0.6) is 0 Å². The topological polar surface area (TPSA) is 63.3 Å². The predicted octanol–water partition coefficient (Wildman–Crippen LogP) is -2.16. The molecule has 0 bridgehead atoms. The number of hydrogen-bond donors (Lipinski definition) is 2. The average Bonchev–Trinajstić information content (AvgIpc) is 1.38. The zero-order chi connectivity index (χ0) is 4.28. The van der Waals surface area contributed by atoms with Crippen molar-refractivity contribution >= 4 is 23.3 Å². The molecule has 7 heavy (non-hydrogen) atoms. The first-order valence-corrected chi connectivity index (χ1v) is 1.19. The second kappa shape index (κ2) is 9.96. The van der Waals surface area contributed by atoms with Crippen molar-refractivity contribution < 1.29 is 36.1 Å². The van der Waals surface area contributed by atoms with Crippen molar-refractivity contribution in [2.45, 2.75) is 0 Å². The molecule has 0 radical (unpaired) electrons. The van der Waals surface area contributed by atoms with Gasteiger partial charge in [-0.1, -0.05) is 0 Å². The Morgan fingerprint density at radius 1 is 1.71 bits per heavy atom. The largest absolute Gasteiger partial charge is 0.480 e. The van der Waals surface area contributed by atoms with E-state index in [1.807, 2.05) is 0 Å². The molecule has 0 aromatic rings. The second-order valence-corrected chi connectivity index (χ2v) is 0.598. The summed E-state index contributed by atoms with van der Waals surface area (Å²) in [6.45, 7) is -0.278. The van der Waals surface area contributed by atoms with Crippen LogP contribution in [0.15, 0.2) is 0 Å². The van der Waals surface area contributed by atoms with Gasteiger partial charge in [-0.15, -0.1) is 0 Å². The molecule has 5 heteroatoms. The van der Waals surface area contributed by atoms with Crippen LogP contribution in [0.1, 0.15) is 0 Å². The van der Waals surface area contributed by atoms with Gasteiger partial charge in [0.25, 0.3) is 0 Å². The Labute approximate surface area is 71.5 Å². The van der Waals surface area contributed by atoms with E-state index in [1.165, 1.54) is 0 Å². The summed E-state index contributed by atoms with van der Waals surface area (Å²) < 4.78 is 0. The van der Waals surface area contributed by atoms with E-state index in [0.717, 1.165) is 0 Å². The maximum Gasteiger partial charge on any atom is 0.317 e. The Hall–Kier alpha value is 0.846. The molecular formula is C2H8AlNO2Zr. The van der Waals surface area contributed by atoms with E-state index in [4.69, 9.17) is 5.11 Å². The SMILES string of the molecule is NCC(=O)O.[AlH3].[Zr]. The van der Waals surface area contributed by atoms with Gasteiger partial charge in [-0.3, -0.25) is 4.79 Å². The average molecular weight is 196 g/mol. The summed E-state index contributed by atoms with van der Waals surface area (Å²) in [6.07, 6.45) is 0. The second-order valence-electron chi connectivity index (χ2n) is 0.598. The molecule has 0 fully saturated rings. The molecule has 0 rings (SSSR count). The van der Waals surface area contributed by atoms with E-state index < -0.39 is 5.97 Å². The molecule has 3 nitrogen and oxygen atoms in total. The molecule has 3 N–H and O–H groups in total. The van der Waals surface area contributed by atoms with Gasteiger partial charge in [0, 0.05) is 26.2 Å². The normalized spacial score (nSPS) is 5.29. The number of aliphatic carboxylic acids is 1. The van der Waals surface area contributed by atoms with E-state index in [9.17, 15) is 4.79 Å². The van der Waals surface area contributed by atoms with Crippen molar-refractivity contribution in [2.75, 3.05) is 6.54 Å². The molecule has 0 amide bonds. The van der Waals surface area contributed by atoms with E-state index in [-0.39, 0.29) is 50.1 Å². The molecule has 0 aliphatic heterocycles. The molecule has 0 heterocycles. The van der Waals surface area contributed by atoms with Gasteiger partial charge in [-0.05, 0) is 0 Å². The number of carboxylic acid groups (broad SMARTS) is 1. The van der Waals surface area contributed by atoms with Crippen LogP contribution in [0, 0.1) is 0 Å². The van der Waals surface area contributed by atoms with E-state index in [1.54, 1.807) is 0 Å². The first kappa shape index (κ1) is 15.7. The van der Waals surface area contributed by atoms with Crippen molar-refractivity contribution in [3.8, 4) is 0 Å². The summed E-state index contributed by atoms with van der Waals surface area (Å²) in [7, 11) is 0. The minimum absolute atomic E-state index is 0. The maximum atomic E-state index is 9.24. The number of rotatable bonds is 1. The standard InChI is InChI=1S/C2H5NO2.Al.Zr.3H/c3-1-2(4)5;;;;;/h1,3H2,(H,4,5);;;;;. The van der Waals surface area contributed by atoms with Crippen molar-refractivity contribution in [3.63, 3.8) is 0 Å². The van der Waals surface area contributed by atoms with Crippen LogP contribution in [0.3, 0.4) is 0 Å². The molecule has 0 saturated heterocycles. The van der Waals surface area contributed by atoms with Crippen molar-refractivity contribution in [3.05, 3.63) is 0 Å². The molecule has 0 unspecified atom stereocenters. The van der Waals surface area contributed by atoms with Crippen LogP contribution >= 0.6 is 0 Å². The predicted molar refractivity (Wildman–Crippen MR) is 26.6 cm³/mol. The fraction of sp³-hybridized carbons (Fsp3) is 0.500. The minimum Gasteiger partial charge on any atom is -0.480 e. The zero-order valence-electron chi connectivity index (χ0n) is 3.14. The van der Waals surface area contributed by atoms with Crippen LogP contribution in [0.4, 0.5) is 0 Å². The monoisotopic (exact) mass is 195 g/mol. The third-order valence-electron chi connectivity index (χ3n) is 0.175. The molecule has 0 aliphatic carbocycles. The van der Waals surface area contributed by atoms with Gasteiger partial charge >= 0.3 is 5.97 Å². The summed E-state index contributed by atoms with van der Waals surface area (Å²) in [4.78, 5) is 9.24. The Bertz CT molecular complexity index is 51.0. The van der Waals surface area contributed by atoms with Gasteiger partial charge in [0.15, 0.2) is 17.4 Å². The molecule has 0 aromatic carbocycles. The molecule has 0 aromatic heterocycles. The Kier molecular flexibility index (Phi) is 22.3. The molecule has 0 aliphatic rings. The minimum atomic E-state index is -0.968. The first-order chi connectivity index (χ1) is 2.27. The van der Waals surface area contributed by atoms with E-state index >= 15 is 0 Å². The summed E-state index contributed by atoms with van der Waals surface area (Å²) in [5.41, 5.74) is 4.57. The summed E-state index contributed by atoms with van der Waals surface area (Å²) in [5.74, 6) is -0.968. The zero-order valence-corrected chi connectivity index (χ0v) is 5.60. The van der Waals surface area contributed by atoms with E-state index in [0.29, 0.717) is 0 Å². The van der Waals surface area contributed by atoms with Crippen LogP contribution in [0.25, 0.3) is 0 Å². The fourth-order valence-corrected chi connectivity index (χ4v) is 0. The Balaban J connectivity index is -0.0000000800. The number of nitrogens with two attached hydrogens (primary N) is 1. The van der Waals surface area contributed by atoms with Crippen LogP contribution in [-0.2, 0) is 31.0 Å². The Morgan fingerprint density at radius 2 is 1.86 bits per heavy atom. The van der Waals surface area contributed by atoms with Crippen molar-refractivity contribution in [1.29, 1.82) is 0 Å². The molecular weight excluding hydrogens is 188 g/mol. The van der Waals surface area contributed by atoms with Crippen LogP contribution in [-0.4, -0.2) is 35.0 Å². The van der Waals surface area contributed by atoms with Gasteiger partial charge in [0.05, 0.1) is 6.54 Å². The quantitative estimate of drug-likeness (QED) is 0.470. The molecule has 0 spiro atoms. The number of carboxylic acids is 1. The smallest absolute Gasteiger partial charge is 0.317 e. The van der Waals surface area contributed by atoms with Gasteiger partial charge in [0.1, 0.15) is 0 Å². The fourth-order valence-electron chi connectivity index (χ4n) is 0. The molecule has 0 saturated carbocycles. The summed E-state index contributed by atoms with van der Waals surface area (Å²) >= 11 is 0. The third kappa shape index (κ3) is 19.8. The molecule has 40 valence electrons. The van der Waals surface area contributed by atoms with Gasteiger partial charge in [-0.2, -0.15) is 0 Å². The maximum absolute atomic E-state index is 9.24. The van der Waals surface area contributed by atoms with Gasteiger partial charge in [-0.25, -0.2) is 0 Å². The number of hydrogen-bond acceptors (Lipinski definition) is 2. The third-order valence-corrected chi connectivity index (χ3v) is 0.175. The summed E-state index contributed by atoms with van der Waals surface area (Å²) in [6, 6.07) is 0. The Morgan fingerprint density at radius 3 is 1.86 bits per heavy atom. The van der Waals surface area contributed by atoms with Crippen LogP contribution < -0.4 is 5.73 Å².